The number of aromatic nitrogens is 4. The van der Waals surface area contributed by atoms with Crippen LogP contribution in [0.4, 0.5) is 23.0 Å². The van der Waals surface area contributed by atoms with Gasteiger partial charge in [-0.25, -0.2) is 15.0 Å². The van der Waals surface area contributed by atoms with E-state index in [0.29, 0.717) is 11.5 Å². The van der Waals surface area contributed by atoms with Crippen molar-refractivity contribution < 1.29 is 25.8 Å². The van der Waals surface area contributed by atoms with Crippen molar-refractivity contribution in [2.24, 2.45) is 0 Å². The molecule has 1 aliphatic rings. The molecule has 4 aromatic heterocycles. The Morgan fingerprint density at radius 1 is 0.673 bits per heavy atom. The summed E-state index contributed by atoms with van der Waals surface area (Å²) in [6, 6.07) is 42.3. The number of benzene rings is 4. The molecule has 0 fully saturated rings. The van der Waals surface area contributed by atoms with Crippen LogP contribution in [0.5, 0.6) is 11.5 Å². The molecular formula is C47H39N6OPt-3. The molecule has 8 aromatic rings. The van der Waals surface area contributed by atoms with E-state index in [1.807, 2.05) is 54.3 Å². The predicted octanol–water partition coefficient (Wildman–Crippen LogP) is 11.7. The van der Waals surface area contributed by atoms with Gasteiger partial charge in [-0.05, 0) is 96.3 Å². The second-order valence-corrected chi connectivity index (χ2v) is 15.0. The Balaban J connectivity index is 0.00000427. The number of hydrogen-bond donors (Lipinski definition) is 0. The minimum atomic E-state index is -0.0175. The first kappa shape index (κ1) is 36.2. The summed E-state index contributed by atoms with van der Waals surface area (Å²) in [6.07, 6.45) is 5.65. The molecule has 1 aliphatic heterocycles. The fourth-order valence-electron chi connectivity index (χ4n) is 7.60. The van der Waals surface area contributed by atoms with Gasteiger partial charge in [0.25, 0.3) is 0 Å². The number of anilines is 4. The molecule has 0 aliphatic carbocycles. The predicted molar refractivity (Wildman–Crippen MR) is 218 cm³/mol. The molecule has 7 nitrogen and oxygen atoms in total. The van der Waals surface area contributed by atoms with Crippen LogP contribution in [0.15, 0.2) is 122 Å². The van der Waals surface area contributed by atoms with E-state index < -0.39 is 0 Å². The number of para-hydroxylation sites is 1. The van der Waals surface area contributed by atoms with Crippen molar-refractivity contribution in [2.45, 2.75) is 47.0 Å². The van der Waals surface area contributed by atoms with Crippen LogP contribution in [-0.2, 0) is 26.5 Å². The van der Waals surface area contributed by atoms with Gasteiger partial charge in [0, 0.05) is 62.2 Å². The topological polar surface area (TPSA) is 59.3 Å². The van der Waals surface area contributed by atoms with Crippen LogP contribution in [-0.4, -0.2) is 19.5 Å². The zero-order chi connectivity index (χ0) is 37.1. The first-order chi connectivity index (χ1) is 26.1. The third kappa shape index (κ3) is 6.57. The maximum absolute atomic E-state index is 6.50. The average molecular weight is 899 g/mol. The molecule has 0 saturated heterocycles. The van der Waals surface area contributed by atoms with Crippen molar-refractivity contribution in [3.63, 3.8) is 0 Å². The van der Waals surface area contributed by atoms with Gasteiger partial charge >= 0.3 is 0 Å². The summed E-state index contributed by atoms with van der Waals surface area (Å²) in [5.41, 5.74) is 11.0. The van der Waals surface area contributed by atoms with E-state index >= 15 is 0 Å². The van der Waals surface area contributed by atoms with Crippen LogP contribution in [0.3, 0.4) is 0 Å². The normalized spacial score (nSPS) is 12.6. The second kappa shape index (κ2) is 14.1. The minimum absolute atomic E-state index is 0. The smallest absolute Gasteiger partial charge is 0.135 e. The maximum atomic E-state index is 6.50. The largest absolute Gasteiger partial charge is 0.509 e. The monoisotopic (exact) mass is 898 g/mol. The van der Waals surface area contributed by atoms with Crippen LogP contribution >= 0.6 is 0 Å². The van der Waals surface area contributed by atoms with Gasteiger partial charge in [-0.2, -0.15) is 12.1 Å². The summed E-state index contributed by atoms with van der Waals surface area (Å²) in [7, 11) is 0. The number of fused-ring (bicyclic) bond motifs is 4. The summed E-state index contributed by atoms with van der Waals surface area (Å²) in [6.45, 7) is 15.1. The van der Waals surface area contributed by atoms with Crippen LogP contribution < -0.4 is 14.5 Å². The Kier molecular flexibility index (Phi) is 9.30. The fraction of sp³-hybridized carbons (Fsp3) is 0.149. The van der Waals surface area contributed by atoms with Gasteiger partial charge in [-0.3, -0.25) is 0 Å². The minimum Gasteiger partial charge on any atom is -0.509 e. The van der Waals surface area contributed by atoms with E-state index in [4.69, 9.17) is 19.7 Å². The van der Waals surface area contributed by atoms with Gasteiger partial charge in [-0.1, -0.05) is 67.9 Å². The number of aryl methyl sites for hydroxylation is 3. The Morgan fingerprint density at radius 2 is 1.47 bits per heavy atom. The summed E-state index contributed by atoms with van der Waals surface area (Å²) < 4.78 is 8.67. The average Bonchev–Trinajstić information content (AvgIpc) is 3.71. The molecule has 8 heteroatoms. The Morgan fingerprint density at radius 3 is 2.25 bits per heavy atom. The van der Waals surface area contributed by atoms with Crippen molar-refractivity contribution >= 4 is 44.8 Å². The number of hydrogen-bond acceptors (Lipinski definition) is 6. The van der Waals surface area contributed by atoms with Crippen molar-refractivity contribution in [1.29, 1.82) is 0 Å². The number of rotatable bonds is 6. The second-order valence-electron chi connectivity index (χ2n) is 15.0. The third-order valence-corrected chi connectivity index (χ3v) is 10.1. The number of pyridine rings is 3. The third-order valence-electron chi connectivity index (χ3n) is 10.1. The Hall–Kier alpha value is -5.78. The summed E-state index contributed by atoms with van der Waals surface area (Å²) in [5, 5.41) is 2.22. The summed E-state index contributed by atoms with van der Waals surface area (Å²) in [4.78, 5) is 18.6. The molecule has 276 valence electrons. The van der Waals surface area contributed by atoms with Crippen LogP contribution in [0.1, 0.15) is 43.0 Å². The van der Waals surface area contributed by atoms with Gasteiger partial charge in [-0.15, -0.1) is 42.4 Å². The Bertz CT molecular complexity index is 2690. The van der Waals surface area contributed by atoms with Gasteiger partial charge in [0.2, 0.25) is 0 Å². The van der Waals surface area contributed by atoms with E-state index in [9.17, 15) is 0 Å². The summed E-state index contributed by atoms with van der Waals surface area (Å²) >= 11 is 0. The van der Waals surface area contributed by atoms with Crippen LogP contribution in [0.2, 0.25) is 0 Å². The number of ether oxygens (including phenoxy) is 1. The van der Waals surface area contributed by atoms with E-state index in [0.717, 1.165) is 56.2 Å². The first-order valence-corrected chi connectivity index (χ1v) is 18.2. The molecule has 0 N–H and O–H groups in total. The van der Waals surface area contributed by atoms with Gasteiger partial charge in [0.15, 0.2) is 0 Å². The zero-order valence-electron chi connectivity index (χ0n) is 31.5. The molecule has 0 bridgehead atoms. The van der Waals surface area contributed by atoms with Gasteiger partial charge in [0.1, 0.15) is 17.5 Å². The maximum Gasteiger partial charge on any atom is 0.135 e. The van der Waals surface area contributed by atoms with Crippen molar-refractivity contribution in [3.05, 3.63) is 163 Å². The van der Waals surface area contributed by atoms with E-state index in [2.05, 4.69) is 136 Å². The van der Waals surface area contributed by atoms with Gasteiger partial charge < -0.3 is 19.1 Å². The van der Waals surface area contributed by atoms with E-state index in [1.165, 1.54) is 27.8 Å². The molecule has 5 heterocycles. The molecule has 9 rings (SSSR count). The summed E-state index contributed by atoms with van der Waals surface area (Å²) in [5.74, 6) is 3.58. The van der Waals surface area contributed by atoms with Gasteiger partial charge in [0.05, 0.1) is 5.69 Å². The molecular weight excluding hydrogens is 860 g/mol. The first-order valence-electron chi connectivity index (χ1n) is 18.2. The SMILES string of the molecule is Cc1cc(C)c(-c2ccc(N3[CH-]N(c4[c-]c(Oc5[c-]c6c(cc5)c5ccccc5n6-c5cc(C(C)(C)C)ccn5)ccc4)c4ncccc43)nc2)c(C)c1.[Pt]. The molecule has 0 amide bonds. The molecule has 0 atom stereocenters. The standard InChI is InChI=1S/C47H39N6O.Pt/c1-30-23-31(2)45(32(3)24-30)33-16-19-43(50-28-33)52-29-51(46-41(52)15-10-21-49-46)35-11-9-12-36(26-35)54-37-17-18-39-38-13-7-8-14-40(38)53(42(39)27-37)44-25-34(20-22-48-44)47(4,5)6;/h7-25,28-29H,1-6H3;/q-3;. The number of nitrogens with zero attached hydrogens (tertiary/aromatic N) is 6. The van der Waals surface area contributed by atoms with Crippen molar-refractivity contribution in [1.82, 2.24) is 19.5 Å². The molecule has 0 spiro atoms. The quantitative estimate of drug-likeness (QED) is 0.155. The zero-order valence-corrected chi connectivity index (χ0v) is 33.8. The van der Waals surface area contributed by atoms with E-state index in [1.54, 1.807) is 6.20 Å². The van der Waals surface area contributed by atoms with Crippen LogP contribution in [0, 0.1) is 39.6 Å². The van der Waals surface area contributed by atoms with Crippen molar-refractivity contribution in [2.75, 3.05) is 9.80 Å². The van der Waals surface area contributed by atoms with Crippen molar-refractivity contribution in [3.8, 4) is 28.4 Å². The molecule has 55 heavy (non-hydrogen) atoms. The molecule has 4 aromatic carbocycles. The molecule has 0 unspecified atom stereocenters. The van der Waals surface area contributed by atoms with E-state index in [-0.39, 0.29) is 26.5 Å². The Labute approximate surface area is 336 Å². The molecule has 0 radical (unpaired) electrons. The fourth-order valence-corrected chi connectivity index (χ4v) is 7.60. The van der Waals surface area contributed by atoms with Crippen LogP contribution in [0.25, 0.3) is 38.8 Å². The molecule has 0 saturated carbocycles.